The highest BCUT2D eigenvalue weighted by molar-refractivity contribution is 7.99. The van der Waals surface area contributed by atoms with Crippen molar-refractivity contribution in [2.75, 3.05) is 11.5 Å². The van der Waals surface area contributed by atoms with E-state index in [0.29, 0.717) is 0 Å². The van der Waals surface area contributed by atoms with Crippen LogP contribution in [0.3, 0.4) is 0 Å². The fourth-order valence-electron chi connectivity index (χ4n) is 3.41. The first kappa shape index (κ1) is 20.7. The monoisotopic (exact) mass is 400 g/mol. The van der Waals surface area contributed by atoms with Gasteiger partial charge in [0.2, 0.25) is 0 Å². The molecule has 0 aliphatic carbocycles. The van der Waals surface area contributed by atoms with Gasteiger partial charge in [-0.3, -0.25) is 0 Å². The lowest BCUT2D eigenvalue weighted by Crippen LogP contribution is -1.85. The van der Waals surface area contributed by atoms with E-state index in [-0.39, 0.29) is 0 Å². The zero-order chi connectivity index (χ0) is 19.2. The van der Waals surface area contributed by atoms with Crippen molar-refractivity contribution < 1.29 is 4.42 Å². The molecular weight excluding hydrogens is 368 g/mol. The molecule has 0 fully saturated rings. The SMILES string of the molecule is CCCCCSc1cc2c(cc1C)oc1cc(C)c(SCCCCC)cc12. The van der Waals surface area contributed by atoms with E-state index in [1.165, 1.54) is 81.7 Å². The highest BCUT2D eigenvalue weighted by atomic mass is 32.2. The first-order chi connectivity index (χ1) is 13.1. The Balaban J connectivity index is 1.89. The number of hydrogen-bond acceptors (Lipinski definition) is 3. The Kier molecular flexibility index (Phi) is 7.60. The molecule has 1 aromatic heterocycles. The predicted molar refractivity (Wildman–Crippen MR) is 124 cm³/mol. The number of thioether (sulfide) groups is 2. The van der Waals surface area contributed by atoms with Crippen molar-refractivity contribution in [1.29, 1.82) is 0 Å². The van der Waals surface area contributed by atoms with Gasteiger partial charge in [0.1, 0.15) is 11.2 Å². The number of fused-ring (bicyclic) bond motifs is 3. The fourth-order valence-corrected chi connectivity index (χ4v) is 5.52. The van der Waals surface area contributed by atoms with Gasteiger partial charge in [0.15, 0.2) is 0 Å². The van der Waals surface area contributed by atoms with Gasteiger partial charge >= 0.3 is 0 Å². The van der Waals surface area contributed by atoms with Crippen LogP contribution in [0.1, 0.15) is 63.5 Å². The molecule has 1 nitrogen and oxygen atoms in total. The summed E-state index contributed by atoms with van der Waals surface area (Å²) in [6, 6.07) is 9.16. The Labute approximate surface area is 172 Å². The molecular formula is C24H32OS2. The van der Waals surface area contributed by atoms with Crippen molar-refractivity contribution >= 4 is 45.5 Å². The van der Waals surface area contributed by atoms with Crippen LogP contribution in [0, 0.1) is 13.8 Å². The lowest BCUT2D eigenvalue weighted by Gasteiger charge is -2.07. The van der Waals surface area contributed by atoms with Crippen molar-refractivity contribution in [3.8, 4) is 0 Å². The van der Waals surface area contributed by atoms with E-state index in [1.807, 2.05) is 23.5 Å². The summed E-state index contributed by atoms with van der Waals surface area (Å²) in [7, 11) is 0. The van der Waals surface area contributed by atoms with Crippen LogP contribution in [0.2, 0.25) is 0 Å². The van der Waals surface area contributed by atoms with Gasteiger partial charge in [0.05, 0.1) is 0 Å². The number of unbranched alkanes of at least 4 members (excludes halogenated alkanes) is 4. The molecule has 0 aliphatic rings. The zero-order valence-corrected chi connectivity index (χ0v) is 18.8. The van der Waals surface area contributed by atoms with Gasteiger partial charge in [-0.15, -0.1) is 23.5 Å². The molecule has 0 saturated heterocycles. The van der Waals surface area contributed by atoms with Crippen molar-refractivity contribution in [2.45, 2.75) is 76.0 Å². The first-order valence-corrected chi connectivity index (χ1v) is 12.3. The van der Waals surface area contributed by atoms with E-state index in [9.17, 15) is 0 Å². The summed E-state index contributed by atoms with van der Waals surface area (Å²) in [6.45, 7) is 8.93. The Morgan fingerprint density at radius 2 is 1.11 bits per heavy atom. The minimum absolute atomic E-state index is 1.02. The number of benzene rings is 2. The third-order valence-electron chi connectivity index (χ3n) is 5.08. The topological polar surface area (TPSA) is 13.1 Å². The second kappa shape index (κ2) is 9.93. The Morgan fingerprint density at radius 1 is 0.667 bits per heavy atom. The van der Waals surface area contributed by atoms with Crippen LogP contribution in [0.25, 0.3) is 21.9 Å². The van der Waals surface area contributed by atoms with E-state index in [2.05, 4.69) is 52.0 Å². The summed E-state index contributed by atoms with van der Waals surface area (Å²) in [5.41, 5.74) is 4.70. The standard InChI is InChI=1S/C24H32OS2/c1-5-7-9-11-26-23-15-19-20-16-24(27-12-10-8-6-2)18(4)14-22(20)25-21(19)13-17(23)3/h13-16H,5-12H2,1-4H3. The van der Waals surface area contributed by atoms with E-state index in [1.54, 1.807) is 0 Å². The summed E-state index contributed by atoms with van der Waals surface area (Å²) in [4.78, 5) is 2.80. The molecule has 2 aromatic carbocycles. The average molecular weight is 401 g/mol. The van der Waals surface area contributed by atoms with Crippen LogP contribution in [-0.4, -0.2) is 11.5 Å². The molecule has 1 heterocycles. The molecule has 27 heavy (non-hydrogen) atoms. The highest BCUT2D eigenvalue weighted by Gasteiger charge is 2.13. The second-order valence-electron chi connectivity index (χ2n) is 7.44. The summed E-state index contributed by atoms with van der Waals surface area (Å²) in [5, 5.41) is 2.54. The number of aryl methyl sites for hydroxylation is 2. The van der Waals surface area contributed by atoms with E-state index in [0.717, 1.165) is 11.2 Å². The maximum atomic E-state index is 6.19. The maximum absolute atomic E-state index is 6.19. The van der Waals surface area contributed by atoms with Gasteiger partial charge in [0.25, 0.3) is 0 Å². The third kappa shape index (κ3) is 5.06. The smallest absolute Gasteiger partial charge is 0.135 e. The lowest BCUT2D eigenvalue weighted by molar-refractivity contribution is 0.667. The van der Waals surface area contributed by atoms with Crippen LogP contribution in [-0.2, 0) is 0 Å². The van der Waals surface area contributed by atoms with Gasteiger partial charge in [-0.25, -0.2) is 0 Å². The summed E-state index contributed by atoms with van der Waals surface area (Å²) in [5.74, 6) is 2.40. The molecule has 3 rings (SSSR count). The minimum atomic E-state index is 1.02. The molecule has 0 aliphatic heterocycles. The van der Waals surface area contributed by atoms with Crippen LogP contribution in [0.4, 0.5) is 0 Å². The molecule has 3 heteroatoms. The Morgan fingerprint density at radius 3 is 1.52 bits per heavy atom. The summed E-state index contributed by atoms with van der Waals surface area (Å²) < 4.78 is 6.19. The van der Waals surface area contributed by atoms with E-state index < -0.39 is 0 Å². The van der Waals surface area contributed by atoms with Crippen molar-refractivity contribution in [3.63, 3.8) is 0 Å². The van der Waals surface area contributed by atoms with Crippen LogP contribution < -0.4 is 0 Å². The zero-order valence-electron chi connectivity index (χ0n) is 17.2. The largest absolute Gasteiger partial charge is 0.456 e. The van der Waals surface area contributed by atoms with Crippen LogP contribution in [0.15, 0.2) is 38.5 Å². The molecule has 0 bridgehead atoms. The molecule has 0 amide bonds. The molecule has 3 aromatic rings. The number of hydrogen-bond donors (Lipinski definition) is 0. The molecule has 0 atom stereocenters. The third-order valence-corrected chi connectivity index (χ3v) is 7.56. The first-order valence-electron chi connectivity index (χ1n) is 10.4. The molecule has 0 spiro atoms. The molecule has 0 N–H and O–H groups in total. The van der Waals surface area contributed by atoms with Crippen molar-refractivity contribution in [2.24, 2.45) is 0 Å². The normalized spacial score (nSPS) is 11.7. The predicted octanol–water partition coefficient (Wildman–Crippen LogP) is 8.77. The highest BCUT2D eigenvalue weighted by Crippen LogP contribution is 2.37. The van der Waals surface area contributed by atoms with Gasteiger partial charge < -0.3 is 4.42 Å². The fraction of sp³-hybridized carbons (Fsp3) is 0.500. The summed E-state index contributed by atoms with van der Waals surface area (Å²) >= 11 is 3.99. The molecule has 0 saturated carbocycles. The van der Waals surface area contributed by atoms with Gasteiger partial charge in [-0.05, 0) is 73.6 Å². The van der Waals surface area contributed by atoms with Crippen LogP contribution in [0.5, 0.6) is 0 Å². The van der Waals surface area contributed by atoms with E-state index in [4.69, 9.17) is 4.42 Å². The van der Waals surface area contributed by atoms with Crippen molar-refractivity contribution in [3.05, 3.63) is 35.4 Å². The minimum Gasteiger partial charge on any atom is -0.456 e. The van der Waals surface area contributed by atoms with Crippen LogP contribution >= 0.6 is 23.5 Å². The Bertz CT molecular complexity index is 822. The number of furan rings is 1. The van der Waals surface area contributed by atoms with E-state index >= 15 is 0 Å². The van der Waals surface area contributed by atoms with Gasteiger partial charge in [0, 0.05) is 20.6 Å². The summed E-state index contributed by atoms with van der Waals surface area (Å²) in [6.07, 6.45) is 7.79. The van der Waals surface area contributed by atoms with Gasteiger partial charge in [-0.2, -0.15) is 0 Å². The quantitative estimate of drug-likeness (QED) is 0.249. The molecule has 0 radical (unpaired) electrons. The average Bonchev–Trinajstić information content (AvgIpc) is 2.98. The second-order valence-corrected chi connectivity index (χ2v) is 9.71. The Hall–Kier alpha value is -1.06. The molecule has 146 valence electrons. The lowest BCUT2D eigenvalue weighted by atomic mass is 10.1. The number of rotatable bonds is 10. The molecule has 0 unspecified atom stereocenters. The maximum Gasteiger partial charge on any atom is 0.135 e. The van der Waals surface area contributed by atoms with Crippen molar-refractivity contribution in [1.82, 2.24) is 0 Å². The van der Waals surface area contributed by atoms with Gasteiger partial charge in [-0.1, -0.05) is 39.5 Å².